The number of hydrogen-bond acceptors (Lipinski definition) is 6. The number of pyridine rings is 1. The van der Waals surface area contributed by atoms with Crippen LogP contribution in [0.5, 0.6) is 11.5 Å². The van der Waals surface area contributed by atoms with Crippen LogP contribution in [0.15, 0.2) is 47.0 Å². The van der Waals surface area contributed by atoms with Gasteiger partial charge in [0.1, 0.15) is 22.3 Å². The number of hydrogen-bond donors (Lipinski definition) is 0. The molecule has 1 aromatic heterocycles. The van der Waals surface area contributed by atoms with Crippen LogP contribution < -0.4 is 9.47 Å². The SMILES string of the molecule is COc1ccc(OC)c(C2=CSc3ncccc3C(=O)O2)c1. The molecule has 5 nitrogen and oxygen atoms in total. The van der Waals surface area contributed by atoms with Crippen molar-refractivity contribution in [2.45, 2.75) is 5.03 Å². The molecule has 3 rings (SSSR count). The Morgan fingerprint density at radius 3 is 2.77 bits per heavy atom. The Hall–Kier alpha value is -2.47. The van der Waals surface area contributed by atoms with Gasteiger partial charge in [0, 0.05) is 11.6 Å². The van der Waals surface area contributed by atoms with Gasteiger partial charge in [-0.2, -0.15) is 0 Å². The smallest absolute Gasteiger partial charge is 0.346 e. The van der Waals surface area contributed by atoms with E-state index in [0.717, 1.165) is 0 Å². The third kappa shape index (κ3) is 2.65. The second-order valence-electron chi connectivity index (χ2n) is 4.41. The quantitative estimate of drug-likeness (QED) is 0.810. The predicted molar refractivity (Wildman–Crippen MR) is 83.0 cm³/mol. The summed E-state index contributed by atoms with van der Waals surface area (Å²) in [6.45, 7) is 0. The lowest BCUT2D eigenvalue weighted by Crippen LogP contribution is -2.05. The van der Waals surface area contributed by atoms with Gasteiger partial charge in [-0.1, -0.05) is 11.8 Å². The number of methoxy groups -OCH3 is 2. The highest BCUT2D eigenvalue weighted by Gasteiger charge is 2.22. The number of ether oxygens (including phenoxy) is 3. The molecule has 0 N–H and O–H groups in total. The molecule has 0 saturated heterocycles. The zero-order valence-electron chi connectivity index (χ0n) is 12.0. The first-order valence-corrected chi connectivity index (χ1v) is 7.37. The van der Waals surface area contributed by atoms with Crippen LogP contribution in [-0.2, 0) is 4.74 Å². The zero-order valence-corrected chi connectivity index (χ0v) is 12.8. The van der Waals surface area contributed by atoms with Crippen molar-refractivity contribution in [2.75, 3.05) is 14.2 Å². The molecule has 1 aliphatic rings. The normalized spacial score (nSPS) is 13.5. The average Bonchev–Trinajstić information content (AvgIpc) is 2.74. The van der Waals surface area contributed by atoms with Gasteiger partial charge in [-0.15, -0.1) is 0 Å². The van der Waals surface area contributed by atoms with Gasteiger partial charge in [-0.05, 0) is 30.3 Å². The van der Waals surface area contributed by atoms with Gasteiger partial charge in [0.15, 0.2) is 0 Å². The monoisotopic (exact) mass is 315 g/mol. The highest BCUT2D eigenvalue weighted by atomic mass is 32.2. The Labute approximate surface area is 131 Å². The maximum Gasteiger partial charge on any atom is 0.346 e. The van der Waals surface area contributed by atoms with Crippen LogP contribution >= 0.6 is 11.8 Å². The highest BCUT2D eigenvalue weighted by molar-refractivity contribution is 8.02. The first kappa shape index (κ1) is 14.5. The molecule has 112 valence electrons. The van der Waals surface area contributed by atoms with E-state index in [1.807, 2.05) is 0 Å². The first-order valence-electron chi connectivity index (χ1n) is 6.49. The molecule has 1 aromatic carbocycles. The molecule has 0 radical (unpaired) electrons. The maximum absolute atomic E-state index is 12.3. The minimum Gasteiger partial charge on any atom is -0.497 e. The van der Waals surface area contributed by atoms with Crippen LogP contribution in [0, 0.1) is 0 Å². The molecule has 0 saturated carbocycles. The summed E-state index contributed by atoms with van der Waals surface area (Å²) in [6, 6.07) is 8.71. The van der Waals surface area contributed by atoms with Gasteiger partial charge in [-0.3, -0.25) is 0 Å². The molecular weight excluding hydrogens is 302 g/mol. The fraction of sp³-hybridized carbons (Fsp3) is 0.125. The van der Waals surface area contributed by atoms with Crippen molar-refractivity contribution in [1.82, 2.24) is 4.98 Å². The van der Waals surface area contributed by atoms with Crippen LogP contribution in [0.4, 0.5) is 0 Å². The van der Waals surface area contributed by atoms with Crippen molar-refractivity contribution in [3.8, 4) is 11.5 Å². The summed E-state index contributed by atoms with van der Waals surface area (Å²) in [7, 11) is 3.14. The number of esters is 1. The topological polar surface area (TPSA) is 57.7 Å². The van der Waals surface area contributed by atoms with Crippen molar-refractivity contribution in [3.05, 3.63) is 53.1 Å². The first-order chi connectivity index (χ1) is 10.7. The minimum atomic E-state index is -0.441. The molecule has 1 aliphatic heterocycles. The van der Waals surface area contributed by atoms with E-state index in [1.165, 1.54) is 11.8 Å². The summed E-state index contributed by atoms with van der Waals surface area (Å²) < 4.78 is 16.1. The van der Waals surface area contributed by atoms with E-state index in [9.17, 15) is 4.79 Å². The fourth-order valence-corrected chi connectivity index (χ4v) is 2.85. The number of cyclic esters (lactones) is 1. The summed E-state index contributed by atoms with van der Waals surface area (Å²) in [5.74, 6) is 1.21. The molecule has 2 heterocycles. The van der Waals surface area contributed by atoms with E-state index in [1.54, 1.807) is 56.2 Å². The molecule has 0 unspecified atom stereocenters. The van der Waals surface area contributed by atoms with Crippen molar-refractivity contribution in [2.24, 2.45) is 0 Å². The van der Waals surface area contributed by atoms with E-state index in [2.05, 4.69) is 4.98 Å². The maximum atomic E-state index is 12.3. The number of carbonyl (C=O) groups is 1. The zero-order chi connectivity index (χ0) is 15.5. The summed E-state index contributed by atoms with van der Waals surface area (Å²) in [5.41, 5.74) is 1.09. The van der Waals surface area contributed by atoms with E-state index in [-0.39, 0.29) is 0 Å². The van der Waals surface area contributed by atoms with E-state index in [0.29, 0.717) is 33.4 Å². The van der Waals surface area contributed by atoms with Crippen LogP contribution in [0.3, 0.4) is 0 Å². The lowest BCUT2D eigenvalue weighted by atomic mass is 10.1. The number of nitrogens with zero attached hydrogens (tertiary/aromatic N) is 1. The summed E-state index contributed by atoms with van der Waals surface area (Å²) in [6.07, 6.45) is 1.64. The molecule has 0 amide bonds. The number of fused-ring (bicyclic) bond motifs is 1. The number of carbonyl (C=O) groups excluding carboxylic acids is 1. The average molecular weight is 315 g/mol. The van der Waals surface area contributed by atoms with Crippen LogP contribution in [0.25, 0.3) is 5.76 Å². The van der Waals surface area contributed by atoms with Crippen LogP contribution in [-0.4, -0.2) is 25.2 Å². The van der Waals surface area contributed by atoms with E-state index >= 15 is 0 Å². The Morgan fingerprint density at radius 1 is 1.14 bits per heavy atom. The van der Waals surface area contributed by atoms with Crippen molar-refractivity contribution in [1.29, 1.82) is 0 Å². The second kappa shape index (κ2) is 6.11. The number of aromatic nitrogens is 1. The number of thioether (sulfide) groups is 1. The highest BCUT2D eigenvalue weighted by Crippen LogP contribution is 2.36. The Balaban J connectivity index is 2.04. The summed E-state index contributed by atoms with van der Waals surface area (Å²) in [5, 5.41) is 2.36. The second-order valence-corrected chi connectivity index (χ2v) is 5.27. The molecule has 6 heteroatoms. The molecule has 2 aromatic rings. The Bertz CT molecular complexity index is 758. The van der Waals surface area contributed by atoms with Gasteiger partial charge in [-0.25, -0.2) is 9.78 Å². The van der Waals surface area contributed by atoms with Crippen molar-refractivity contribution < 1.29 is 19.0 Å². The Morgan fingerprint density at radius 2 is 2.00 bits per heavy atom. The standard InChI is InChI=1S/C16H13NO4S/c1-19-10-5-6-13(20-2)12(8-10)14-9-22-15-11(16(18)21-14)4-3-7-17-15/h3-9H,1-2H3. The van der Waals surface area contributed by atoms with Gasteiger partial charge in [0.05, 0.1) is 25.3 Å². The molecule has 0 fully saturated rings. The molecular formula is C16H13NO4S. The van der Waals surface area contributed by atoms with Crippen molar-refractivity contribution in [3.63, 3.8) is 0 Å². The summed E-state index contributed by atoms with van der Waals surface area (Å²) >= 11 is 1.33. The Kier molecular flexibility index (Phi) is 4.02. The number of rotatable bonds is 3. The molecule has 22 heavy (non-hydrogen) atoms. The van der Waals surface area contributed by atoms with Crippen LogP contribution in [0.2, 0.25) is 0 Å². The van der Waals surface area contributed by atoms with Gasteiger partial charge < -0.3 is 14.2 Å². The van der Waals surface area contributed by atoms with Gasteiger partial charge in [0.2, 0.25) is 0 Å². The van der Waals surface area contributed by atoms with E-state index < -0.39 is 5.97 Å². The molecule has 0 aliphatic carbocycles. The minimum absolute atomic E-state index is 0.406. The summed E-state index contributed by atoms with van der Waals surface area (Å²) in [4.78, 5) is 16.5. The van der Waals surface area contributed by atoms with Crippen LogP contribution in [0.1, 0.15) is 15.9 Å². The predicted octanol–water partition coefficient (Wildman–Crippen LogP) is 3.36. The molecule has 0 atom stereocenters. The van der Waals surface area contributed by atoms with Crippen molar-refractivity contribution >= 4 is 23.5 Å². The third-order valence-electron chi connectivity index (χ3n) is 3.14. The molecule has 0 bridgehead atoms. The largest absolute Gasteiger partial charge is 0.497 e. The lowest BCUT2D eigenvalue weighted by Gasteiger charge is -2.12. The molecule has 0 spiro atoms. The number of benzene rings is 1. The van der Waals surface area contributed by atoms with Gasteiger partial charge in [0.25, 0.3) is 0 Å². The fourth-order valence-electron chi connectivity index (χ4n) is 2.05. The third-order valence-corrected chi connectivity index (χ3v) is 4.02. The van der Waals surface area contributed by atoms with Gasteiger partial charge >= 0.3 is 5.97 Å². The van der Waals surface area contributed by atoms with E-state index in [4.69, 9.17) is 14.2 Å². The lowest BCUT2D eigenvalue weighted by molar-refractivity contribution is 0.0688.